The lowest BCUT2D eigenvalue weighted by molar-refractivity contribution is 0.0426. The van der Waals surface area contributed by atoms with E-state index in [2.05, 4.69) is 5.32 Å². The monoisotopic (exact) mass is 576 g/mol. The molecule has 4 rings (SSSR count). The minimum atomic E-state index is -3.97. The van der Waals surface area contributed by atoms with Gasteiger partial charge in [0.1, 0.15) is 6.10 Å². The minimum Gasteiger partial charge on any atom is -0.446 e. The molecule has 11 heteroatoms. The number of carbonyl (C=O) groups is 1. The predicted octanol–water partition coefficient (Wildman–Crippen LogP) is 2.06. The molecule has 220 valence electrons. The zero-order chi connectivity index (χ0) is 28.9. The molecule has 0 aromatic heterocycles. The van der Waals surface area contributed by atoms with Crippen LogP contribution in [0.5, 0.6) is 0 Å². The number of aliphatic hydroxyl groups is 3. The maximum atomic E-state index is 13.6. The Labute approximate surface area is 236 Å². The van der Waals surface area contributed by atoms with E-state index in [1.807, 2.05) is 44.2 Å². The van der Waals surface area contributed by atoms with Crippen molar-refractivity contribution in [2.75, 3.05) is 19.7 Å². The molecule has 1 heterocycles. The number of ether oxygens (including phenoxy) is 2. The summed E-state index contributed by atoms with van der Waals surface area (Å²) >= 11 is 0. The predicted molar refractivity (Wildman–Crippen MR) is 148 cm³/mol. The van der Waals surface area contributed by atoms with E-state index in [1.54, 1.807) is 12.1 Å². The Morgan fingerprint density at radius 1 is 1.07 bits per heavy atom. The average molecular weight is 577 g/mol. The van der Waals surface area contributed by atoms with Gasteiger partial charge in [-0.05, 0) is 42.0 Å². The average Bonchev–Trinajstić information content (AvgIpc) is 3.48. The van der Waals surface area contributed by atoms with E-state index in [0.29, 0.717) is 25.0 Å². The van der Waals surface area contributed by atoms with Crippen LogP contribution in [0.4, 0.5) is 4.79 Å². The second-order valence-corrected chi connectivity index (χ2v) is 13.1. The van der Waals surface area contributed by atoms with Gasteiger partial charge >= 0.3 is 6.09 Å². The van der Waals surface area contributed by atoms with Crippen LogP contribution in [0.1, 0.15) is 37.8 Å². The number of hydrogen-bond donors (Lipinski definition) is 4. The van der Waals surface area contributed by atoms with E-state index in [-0.39, 0.29) is 49.0 Å². The summed E-state index contributed by atoms with van der Waals surface area (Å²) in [6.07, 6.45) is -1.82. The number of fused-ring (bicyclic) bond motifs is 1. The molecule has 1 unspecified atom stereocenters. The summed E-state index contributed by atoms with van der Waals surface area (Å²) in [5.41, 5.74) is 1.45. The Bertz CT molecular complexity index is 1210. The molecule has 2 aromatic carbocycles. The summed E-state index contributed by atoms with van der Waals surface area (Å²) in [6, 6.07) is 14.5. The van der Waals surface area contributed by atoms with Crippen molar-refractivity contribution < 1.29 is 38.0 Å². The van der Waals surface area contributed by atoms with E-state index in [9.17, 15) is 28.5 Å². The topological polar surface area (TPSA) is 146 Å². The van der Waals surface area contributed by atoms with Gasteiger partial charge in [-0.15, -0.1) is 0 Å². The largest absolute Gasteiger partial charge is 0.446 e. The highest BCUT2D eigenvalue weighted by atomic mass is 32.2. The molecule has 2 aliphatic rings. The molecule has 0 spiro atoms. The first-order chi connectivity index (χ1) is 19.1. The molecule has 1 aliphatic carbocycles. The second-order valence-electron chi connectivity index (χ2n) is 11.1. The molecule has 1 saturated carbocycles. The van der Waals surface area contributed by atoms with Crippen LogP contribution in [0.15, 0.2) is 59.5 Å². The molecule has 1 aliphatic heterocycles. The first-order valence-electron chi connectivity index (χ1n) is 13.8. The third-order valence-corrected chi connectivity index (χ3v) is 9.37. The Morgan fingerprint density at radius 3 is 2.40 bits per heavy atom. The van der Waals surface area contributed by atoms with Gasteiger partial charge in [0.2, 0.25) is 10.0 Å². The van der Waals surface area contributed by atoms with Crippen molar-refractivity contribution in [1.29, 1.82) is 0 Å². The van der Waals surface area contributed by atoms with Crippen LogP contribution in [-0.2, 0) is 32.5 Å². The summed E-state index contributed by atoms with van der Waals surface area (Å²) in [5.74, 6) is -0.0895. The quantitative estimate of drug-likeness (QED) is 0.301. The third-order valence-electron chi connectivity index (χ3n) is 7.53. The highest BCUT2D eigenvalue weighted by molar-refractivity contribution is 7.89. The number of amides is 1. The molecule has 40 heavy (non-hydrogen) atoms. The number of nitrogens with zero attached hydrogens (tertiary/aromatic N) is 1. The first kappa shape index (κ1) is 30.4. The Balaban J connectivity index is 1.49. The van der Waals surface area contributed by atoms with Crippen LogP contribution in [0.3, 0.4) is 0 Å². The van der Waals surface area contributed by atoms with E-state index < -0.39 is 40.5 Å². The lowest BCUT2D eigenvalue weighted by atomic mass is 10.0. The highest BCUT2D eigenvalue weighted by Crippen LogP contribution is 2.37. The number of nitrogens with one attached hydrogen (secondary N) is 1. The fraction of sp³-hybridized carbons (Fsp3) is 0.552. The number of sulfonamides is 1. The molecule has 4 N–H and O–H groups in total. The molecule has 2 fully saturated rings. The van der Waals surface area contributed by atoms with Gasteiger partial charge in [-0.2, -0.15) is 4.31 Å². The van der Waals surface area contributed by atoms with Crippen molar-refractivity contribution in [2.24, 2.45) is 11.8 Å². The van der Waals surface area contributed by atoms with E-state index >= 15 is 0 Å². The molecule has 6 atom stereocenters. The Morgan fingerprint density at radius 2 is 1.77 bits per heavy atom. The SMILES string of the molecule is CC(C)CN(CC(O)[C@H](Cc1ccccc1)NC(=O)O[C@@H]1C[C@@H]2[C@@H](O)CO[C@@H]2C1)S(=O)(=O)c1ccc(CO)cc1. The van der Waals surface area contributed by atoms with Crippen molar-refractivity contribution in [3.05, 3.63) is 65.7 Å². The standard InChI is InChI=1S/C29H40N2O8S/c1-19(2)15-31(40(36,37)23-10-8-21(17-32)9-11-23)16-26(33)25(12-20-6-4-3-5-7-20)30-29(35)39-22-13-24-27(34)18-38-28(24)14-22/h3-11,19,22,24-28,32-34H,12-18H2,1-2H3,(H,30,35)/t22-,24-,25+,26?,27+,28-/m1/s1. The molecule has 1 amide bonds. The second kappa shape index (κ2) is 13.4. The normalized spacial score (nSPS) is 24.2. The number of carbonyl (C=O) groups excluding carboxylic acids is 1. The van der Waals surface area contributed by atoms with Crippen molar-refractivity contribution >= 4 is 16.1 Å². The van der Waals surface area contributed by atoms with Crippen molar-refractivity contribution in [3.63, 3.8) is 0 Å². The number of alkyl carbamates (subject to hydrolysis) is 1. The zero-order valence-electron chi connectivity index (χ0n) is 22.9. The van der Waals surface area contributed by atoms with Crippen LogP contribution in [-0.4, -0.2) is 84.3 Å². The van der Waals surface area contributed by atoms with Crippen molar-refractivity contribution in [3.8, 4) is 0 Å². The first-order valence-corrected chi connectivity index (χ1v) is 15.2. The molecular weight excluding hydrogens is 536 g/mol. The molecular formula is C29H40N2O8S. The fourth-order valence-corrected chi connectivity index (χ4v) is 7.06. The van der Waals surface area contributed by atoms with Gasteiger partial charge in [0.25, 0.3) is 0 Å². The molecule has 10 nitrogen and oxygen atoms in total. The van der Waals surface area contributed by atoms with Crippen molar-refractivity contribution in [2.45, 2.75) is 75.1 Å². The summed E-state index contributed by atoms with van der Waals surface area (Å²) in [6.45, 7) is 3.79. The summed E-state index contributed by atoms with van der Waals surface area (Å²) in [5, 5.41) is 33.5. The van der Waals surface area contributed by atoms with E-state index in [0.717, 1.165) is 5.56 Å². The van der Waals surface area contributed by atoms with Crippen LogP contribution >= 0.6 is 0 Å². The maximum Gasteiger partial charge on any atom is 0.407 e. The van der Waals surface area contributed by atoms with E-state index in [1.165, 1.54) is 16.4 Å². The van der Waals surface area contributed by atoms with Crippen LogP contribution < -0.4 is 5.32 Å². The van der Waals surface area contributed by atoms with Gasteiger partial charge in [0, 0.05) is 25.4 Å². The number of benzene rings is 2. The maximum absolute atomic E-state index is 13.6. The van der Waals surface area contributed by atoms with Gasteiger partial charge < -0.3 is 30.1 Å². The smallest absolute Gasteiger partial charge is 0.407 e. The molecule has 0 radical (unpaired) electrons. The van der Waals surface area contributed by atoms with Gasteiger partial charge in [0.15, 0.2) is 0 Å². The summed E-state index contributed by atoms with van der Waals surface area (Å²) in [4.78, 5) is 13.0. The summed E-state index contributed by atoms with van der Waals surface area (Å²) < 4.78 is 39.6. The number of aliphatic hydroxyl groups excluding tert-OH is 3. The Kier molecular flexibility index (Phi) is 10.2. The highest BCUT2D eigenvalue weighted by Gasteiger charge is 2.45. The molecule has 0 bridgehead atoms. The fourth-order valence-electron chi connectivity index (χ4n) is 5.44. The van der Waals surface area contributed by atoms with Gasteiger partial charge in [-0.1, -0.05) is 56.3 Å². The lowest BCUT2D eigenvalue weighted by Crippen LogP contribution is -2.51. The van der Waals surface area contributed by atoms with Crippen LogP contribution in [0, 0.1) is 11.8 Å². The third kappa shape index (κ3) is 7.59. The molecule has 2 aromatic rings. The minimum absolute atomic E-state index is 0.0245. The van der Waals surface area contributed by atoms with Crippen LogP contribution in [0.2, 0.25) is 0 Å². The lowest BCUT2D eigenvalue weighted by Gasteiger charge is -2.31. The van der Waals surface area contributed by atoms with Gasteiger partial charge in [-0.3, -0.25) is 0 Å². The number of hydrogen-bond acceptors (Lipinski definition) is 8. The Hall–Kier alpha value is -2.54. The van der Waals surface area contributed by atoms with E-state index in [4.69, 9.17) is 9.47 Å². The zero-order valence-corrected chi connectivity index (χ0v) is 23.7. The summed E-state index contributed by atoms with van der Waals surface area (Å²) in [7, 11) is -3.97. The molecule has 1 saturated heterocycles. The van der Waals surface area contributed by atoms with Gasteiger partial charge in [-0.25, -0.2) is 13.2 Å². The number of rotatable bonds is 12. The van der Waals surface area contributed by atoms with Crippen molar-refractivity contribution in [1.82, 2.24) is 9.62 Å². The van der Waals surface area contributed by atoms with Gasteiger partial charge in [0.05, 0.1) is 42.5 Å². The van der Waals surface area contributed by atoms with Crippen LogP contribution in [0.25, 0.3) is 0 Å².